The molecule has 1 aromatic rings. The van der Waals surface area contributed by atoms with Crippen molar-refractivity contribution in [3.63, 3.8) is 0 Å². The van der Waals surface area contributed by atoms with E-state index in [1.165, 1.54) is 14.0 Å². The number of nitrogens with one attached hydrogen (secondary N) is 3. The van der Waals surface area contributed by atoms with E-state index in [-0.39, 0.29) is 24.8 Å². The molecule has 1 atom stereocenters. The van der Waals surface area contributed by atoms with E-state index in [4.69, 9.17) is 4.74 Å². The van der Waals surface area contributed by atoms with Crippen LogP contribution in [0.25, 0.3) is 0 Å². The number of rotatable bonds is 6. The molecule has 0 saturated carbocycles. The summed E-state index contributed by atoms with van der Waals surface area (Å²) >= 11 is 0. The number of carbonyl (C=O) groups excluding carboxylic acids is 4. The van der Waals surface area contributed by atoms with Crippen molar-refractivity contribution in [2.24, 2.45) is 0 Å². The number of hydrogen-bond donors (Lipinski definition) is 3. The molecule has 0 aliphatic carbocycles. The molecule has 9 nitrogen and oxygen atoms in total. The lowest BCUT2D eigenvalue weighted by Crippen LogP contribution is -2.50. The van der Waals surface area contributed by atoms with Crippen molar-refractivity contribution >= 4 is 29.3 Å². The third-order valence-electron chi connectivity index (χ3n) is 3.36. The Morgan fingerprint density at radius 1 is 1.25 bits per heavy atom. The van der Waals surface area contributed by atoms with E-state index < -0.39 is 17.9 Å². The minimum absolute atomic E-state index is 0.0781. The maximum atomic E-state index is 12.3. The summed E-state index contributed by atoms with van der Waals surface area (Å²) in [5, 5.41) is 2.32. The van der Waals surface area contributed by atoms with Crippen molar-refractivity contribution < 1.29 is 23.9 Å². The molecule has 0 aromatic heterocycles. The number of hydrazine groups is 1. The summed E-state index contributed by atoms with van der Waals surface area (Å²) in [5.41, 5.74) is 5.25. The van der Waals surface area contributed by atoms with Crippen molar-refractivity contribution in [1.29, 1.82) is 0 Å². The molecule has 4 amide bonds. The van der Waals surface area contributed by atoms with Crippen molar-refractivity contribution in [3.8, 4) is 5.75 Å². The maximum absolute atomic E-state index is 12.3. The number of amides is 4. The number of anilines is 1. The van der Waals surface area contributed by atoms with Gasteiger partial charge < -0.3 is 10.1 Å². The quantitative estimate of drug-likeness (QED) is 0.458. The first-order valence-electron chi connectivity index (χ1n) is 7.22. The Morgan fingerprint density at radius 3 is 2.50 bits per heavy atom. The zero-order valence-electron chi connectivity index (χ0n) is 13.3. The molecule has 0 radical (unpaired) electrons. The molecule has 3 N–H and O–H groups in total. The van der Waals surface area contributed by atoms with Gasteiger partial charge in [0.1, 0.15) is 11.8 Å². The van der Waals surface area contributed by atoms with Gasteiger partial charge in [0, 0.05) is 6.92 Å². The minimum Gasteiger partial charge on any atom is -0.497 e. The number of nitrogens with zero attached hydrogens (tertiary/aromatic N) is 1. The van der Waals surface area contributed by atoms with Gasteiger partial charge in [0.2, 0.25) is 11.8 Å². The van der Waals surface area contributed by atoms with Gasteiger partial charge in [-0.05, 0) is 24.3 Å². The highest BCUT2D eigenvalue weighted by molar-refractivity contribution is 6.22. The predicted octanol–water partition coefficient (Wildman–Crippen LogP) is -0.916. The molecular weight excluding hydrogens is 316 g/mol. The monoisotopic (exact) mass is 334 g/mol. The van der Waals surface area contributed by atoms with Gasteiger partial charge in [-0.2, -0.15) is 0 Å². The van der Waals surface area contributed by atoms with Crippen LogP contribution < -0.4 is 25.8 Å². The summed E-state index contributed by atoms with van der Waals surface area (Å²) in [6, 6.07) is 5.64. The van der Waals surface area contributed by atoms with Gasteiger partial charge in [0.15, 0.2) is 0 Å². The molecule has 1 aliphatic heterocycles. The molecule has 9 heteroatoms. The summed E-state index contributed by atoms with van der Waals surface area (Å²) in [6.07, 6.45) is -0.0781. The molecule has 1 saturated heterocycles. The fraction of sp³-hybridized carbons (Fsp3) is 0.333. The Balaban J connectivity index is 1.95. The molecular formula is C15H18N4O5. The van der Waals surface area contributed by atoms with Crippen LogP contribution in [-0.4, -0.2) is 43.3 Å². The second-order valence-corrected chi connectivity index (χ2v) is 5.12. The molecule has 1 heterocycles. The second-order valence-electron chi connectivity index (χ2n) is 5.12. The predicted molar refractivity (Wildman–Crippen MR) is 83.9 cm³/mol. The number of methoxy groups -OCH3 is 1. The molecule has 1 fully saturated rings. The normalized spacial score (nSPS) is 16.9. The zero-order chi connectivity index (χ0) is 17.7. The second kappa shape index (κ2) is 7.55. The van der Waals surface area contributed by atoms with Crippen LogP contribution in [0.15, 0.2) is 24.3 Å². The maximum Gasteiger partial charge on any atom is 0.253 e. The van der Waals surface area contributed by atoms with E-state index in [1.807, 2.05) is 0 Å². The van der Waals surface area contributed by atoms with Crippen molar-refractivity contribution in [1.82, 2.24) is 16.2 Å². The van der Waals surface area contributed by atoms with Crippen LogP contribution in [0, 0.1) is 0 Å². The third-order valence-corrected chi connectivity index (χ3v) is 3.36. The van der Waals surface area contributed by atoms with E-state index in [2.05, 4.69) is 16.2 Å². The Morgan fingerprint density at radius 2 is 1.92 bits per heavy atom. The Labute approximate surface area is 138 Å². The Bertz CT molecular complexity index is 658. The molecule has 1 unspecified atom stereocenters. The highest BCUT2D eigenvalue weighted by Gasteiger charge is 2.39. The molecule has 24 heavy (non-hydrogen) atoms. The molecule has 0 bridgehead atoms. The highest BCUT2D eigenvalue weighted by Crippen LogP contribution is 2.24. The fourth-order valence-corrected chi connectivity index (χ4v) is 2.16. The average molecular weight is 334 g/mol. The molecule has 128 valence electrons. The molecule has 0 spiro atoms. The van der Waals surface area contributed by atoms with E-state index in [1.54, 1.807) is 24.3 Å². The fourth-order valence-electron chi connectivity index (χ4n) is 2.16. The minimum atomic E-state index is -0.860. The lowest BCUT2D eigenvalue weighted by Gasteiger charge is -2.16. The van der Waals surface area contributed by atoms with Gasteiger partial charge in [0.25, 0.3) is 11.8 Å². The summed E-state index contributed by atoms with van der Waals surface area (Å²) in [5.74, 6) is -1.10. The lowest BCUT2D eigenvalue weighted by atomic mass is 10.2. The number of imide groups is 1. The summed E-state index contributed by atoms with van der Waals surface area (Å²) in [7, 11) is 1.52. The molecule has 1 aliphatic rings. The molecule has 2 rings (SSSR count). The summed E-state index contributed by atoms with van der Waals surface area (Å²) < 4.78 is 5.03. The highest BCUT2D eigenvalue weighted by atomic mass is 16.5. The van der Waals surface area contributed by atoms with Crippen LogP contribution in [-0.2, 0) is 19.2 Å². The van der Waals surface area contributed by atoms with E-state index >= 15 is 0 Å². The van der Waals surface area contributed by atoms with Crippen LogP contribution in [0.4, 0.5) is 5.69 Å². The van der Waals surface area contributed by atoms with E-state index in [0.29, 0.717) is 11.4 Å². The number of carbonyl (C=O) groups is 4. The number of hydrogen-bond acceptors (Lipinski definition) is 6. The summed E-state index contributed by atoms with van der Waals surface area (Å²) in [4.78, 5) is 47.7. The number of ether oxygens (including phenoxy) is 1. The van der Waals surface area contributed by atoms with Crippen LogP contribution in [0.2, 0.25) is 0 Å². The Kier molecular flexibility index (Phi) is 5.48. The van der Waals surface area contributed by atoms with Gasteiger partial charge in [0.05, 0.1) is 25.8 Å². The third kappa shape index (κ3) is 4.07. The van der Waals surface area contributed by atoms with Gasteiger partial charge >= 0.3 is 0 Å². The summed E-state index contributed by atoms with van der Waals surface area (Å²) in [6.45, 7) is 1.06. The first-order valence-corrected chi connectivity index (χ1v) is 7.22. The van der Waals surface area contributed by atoms with Gasteiger partial charge in [-0.15, -0.1) is 0 Å². The van der Waals surface area contributed by atoms with E-state index in [0.717, 1.165) is 4.90 Å². The van der Waals surface area contributed by atoms with Gasteiger partial charge in [-0.25, -0.2) is 10.3 Å². The van der Waals surface area contributed by atoms with Crippen LogP contribution in [0.1, 0.15) is 13.3 Å². The van der Waals surface area contributed by atoms with Crippen LogP contribution >= 0.6 is 0 Å². The standard InChI is InChI=1S/C15H18N4O5/c1-9(20)16-8-13(21)18-17-12-7-14(22)19(15(12)23)10-3-5-11(24-2)6-4-10/h3-6,12,17H,7-8H2,1-2H3,(H,16,20)(H,18,21). The first kappa shape index (κ1) is 17.4. The largest absolute Gasteiger partial charge is 0.497 e. The first-order chi connectivity index (χ1) is 11.4. The van der Waals surface area contributed by atoms with Gasteiger partial charge in [-0.3, -0.25) is 24.6 Å². The molecule has 1 aromatic carbocycles. The van der Waals surface area contributed by atoms with Crippen molar-refractivity contribution in [2.45, 2.75) is 19.4 Å². The average Bonchev–Trinajstić information content (AvgIpc) is 2.85. The van der Waals surface area contributed by atoms with Crippen LogP contribution in [0.5, 0.6) is 5.75 Å². The smallest absolute Gasteiger partial charge is 0.253 e. The van der Waals surface area contributed by atoms with Crippen molar-refractivity contribution in [2.75, 3.05) is 18.6 Å². The number of benzene rings is 1. The lowest BCUT2D eigenvalue weighted by molar-refractivity contribution is -0.126. The van der Waals surface area contributed by atoms with Gasteiger partial charge in [-0.1, -0.05) is 0 Å². The van der Waals surface area contributed by atoms with Crippen molar-refractivity contribution in [3.05, 3.63) is 24.3 Å². The SMILES string of the molecule is COc1ccc(N2C(=O)CC(NNC(=O)CNC(C)=O)C2=O)cc1. The van der Waals surface area contributed by atoms with E-state index in [9.17, 15) is 19.2 Å². The zero-order valence-corrected chi connectivity index (χ0v) is 13.3. The Hall–Kier alpha value is -2.94. The topological polar surface area (TPSA) is 117 Å². The van der Waals surface area contributed by atoms with Crippen LogP contribution in [0.3, 0.4) is 0 Å².